The summed E-state index contributed by atoms with van der Waals surface area (Å²) in [5, 5.41) is 12.4. The second kappa shape index (κ2) is 9.40. The van der Waals surface area contributed by atoms with Crippen molar-refractivity contribution in [3.05, 3.63) is 65.5 Å². The molecule has 2 aromatic carbocycles. The molecule has 0 bridgehead atoms. The number of nitrogens with one attached hydrogen (secondary N) is 2. The summed E-state index contributed by atoms with van der Waals surface area (Å²) in [5.41, 5.74) is 5.41. The molecule has 0 atom stereocenters. The maximum absolute atomic E-state index is 12.7. The van der Waals surface area contributed by atoms with Gasteiger partial charge in [-0.05, 0) is 52.0 Å². The first kappa shape index (κ1) is 21.8. The number of hydrogen-bond donors (Lipinski definition) is 2. The van der Waals surface area contributed by atoms with Crippen LogP contribution in [0.25, 0.3) is 16.6 Å². The Morgan fingerprint density at radius 3 is 2.53 bits per heavy atom. The number of nitrogens with zero attached hydrogens (tertiary/aromatic N) is 4. The molecular weight excluding hydrogens is 420 g/mol. The molecule has 2 N–H and O–H groups in total. The molecule has 0 aliphatic carbocycles. The number of thioether (sulfide) groups is 1. The van der Waals surface area contributed by atoms with E-state index in [1.54, 1.807) is 0 Å². The lowest BCUT2D eigenvalue weighted by molar-refractivity contribution is -0.113. The Balaban J connectivity index is 1.48. The number of rotatable bonds is 7. The van der Waals surface area contributed by atoms with Crippen LogP contribution in [-0.2, 0) is 4.79 Å². The number of hydrogen-bond acceptors (Lipinski definition) is 6. The molecule has 4 aromatic rings. The van der Waals surface area contributed by atoms with Crippen LogP contribution in [0.2, 0.25) is 0 Å². The lowest BCUT2D eigenvalue weighted by atomic mass is 10.2. The Hall–Kier alpha value is -3.39. The van der Waals surface area contributed by atoms with Crippen LogP contribution in [0, 0.1) is 20.8 Å². The van der Waals surface area contributed by atoms with Crippen molar-refractivity contribution in [2.24, 2.45) is 0 Å². The maximum Gasteiger partial charge on any atom is 0.234 e. The lowest BCUT2D eigenvalue weighted by Crippen LogP contribution is -2.15. The molecule has 7 nitrogen and oxygen atoms in total. The average molecular weight is 447 g/mol. The molecule has 0 saturated carbocycles. The third kappa shape index (κ3) is 4.60. The minimum atomic E-state index is -0.119. The van der Waals surface area contributed by atoms with Gasteiger partial charge in [-0.3, -0.25) is 4.79 Å². The number of benzene rings is 2. The summed E-state index contributed by atoms with van der Waals surface area (Å²) < 4.78 is 1.85. The zero-order valence-corrected chi connectivity index (χ0v) is 19.5. The van der Waals surface area contributed by atoms with Crippen molar-refractivity contribution in [3.8, 4) is 5.69 Å². The summed E-state index contributed by atoms with van der Waals surface area (Å²) >= 11 is 1.32. The Morgan fingerprint density at radius 1 is 1.03 bits per heavy atom. The van der Waals surface area contributed by atoms with Gasteiger partial charge in [-0.15, -0.1) is 0 Å². The van der Waals surface area contributed by atoms with Crippen LogP contribution in [0.4, 0.5) is 11.5 Å². The van der Waals surface area contributed by atoms with Crippen LogP contribution in [0.1, 0.15) is 23.9 Å². The minimum Gasteiger partial charge on any atom is -0.370 e. The first-order valence-corrected chi connectivity index (χ1v) is 11.5. The maximum atomic E-state index is 12.7. The number of para-hydroxylation sites is 1. The highest BCUT2D eigenvalue weighted by atomic mass is 32.2. The summed E-state index contributed by atoms with van der Waals surface area (Å²) in [6, 6.07) is 16.0. The smallest absolute Gasteiger partial charge is 0.234 e. The van der Waals surface area contributed by atoms with Crippen molar-refractivity contribution in [1.82, 2.24) is 19.7 Å². The van der Waals surface area contributed by atoms with Crippen molar-refractivity contribution in [1.29, 1.82) is 0 Å². The standard InChI is InChI=1S/C24H26N6OS/c1-5-25-23-19-8-6-7-9-20(19)26-24(28-23)32-14-21(31)27-22-16(3)29-30(17(22)4)18-12-10-15(2)11-13-18/h6-13H,5,14H2,1-4H3,(H,27,31)(H,25,26,28). The van der Waals surface area contributed by atoms with Gasteiger partial charge in [0.15, 0.2) is 5.16 Å². The zero-order valence-electron chi connectivity index (χ0n) is 18.6. The third-order valence-electron chi connectivity index (χ3n) is 5.09. The summed E-state index contributed by atoms with van der Waals surface area (Å²) in [6.07, 6.45) is 0. The molecule has 2 heterocycles. The first-order chi connectivity index (χ1) is 15.5. The molecule has 1 amide bonds. The Bertz CT molecular complexity index is 1270. The molecule has 0 spiro atoms. The normalized spacial score (nSPS) is 11.0. The van der Waals surface area contributed by atoms with Gasteiger partial charge in [-0.25, -0.2) is 14.6 Å². The molecular formula is C24H26N6OS. The van der Waals surface area contributed by atoms with Gasteiger partial charge in [0.2, 0.25) is 5.91 Å². The Morgan fingerprint density at radius 2 is 1.78 bits per heavy atom. The van der Waals surface area contributed by atoms with Gasteiger partial charge >= 0.3 is 0 Å². The number of anilines is 2. The summed E-state index contributed by atoms with van der Waals surface area (Å²) in [7, 11) is 0. The fourth-order valence-electron chi connectivity index (χ4n) is 3.49. The van der Waals surface area contributed by atoms with Gasteiger partial charge < -0.3 is 10.6 Å². The molecule has 0 saturated heterocycles. The predicted octanol–water partition coefficient (Wildman–Crippen LogP) is 4.90. The molecule has 8 heteroatoms. The monoisotopic (exact) mass is 446 g/mol. The molecule has 0 aliphatic heterocycles. The Labute approximate surface area is 191 Å². The van der Waals surface area contributed by atoms with E-state index in [0.717, 1.165) is 46.0 Å². The van der Waals surface area contributed by atoms with Crippen molar-refractivity contribution < 1.29 is 4.79 Å². The SMILES string of the molecule is CCNc1nc(SCC(=O)Nc2c(C)nn(-c3ccc(C)cc3)c2C)nc2ccccc12. The van der Waals surface area contributed by atoms with Gasteiger partial charge in [0, 0.05) is 11.9 Å². The largest absolute Gasteiger partial charge is 0.370 e. The third-order valence-corrected chi connectivity index (χ3v) is 5.94. The van der Waals surface area contributed by atoms with Crippen LogP contribution in [0.5, 0.6) is 0 Å². The highest BCUT2D eigenvalue weighted by Crippen LogP contribution is 2.26. The van der Waals surface area contributed by atoms with Gasteiger partial charge in [0.1, 0.15) is 5.82 Å². The van der Waals surface area contributed by atoms with Crippen molar-refractivity contribution in [3.63, 3.8) is 0 Å². The van der Waals surface area contributed by atoms with E-state index >= 15 is 0 Å². The van der Waals surface area contributed by atoms with Crippen LogP contribution >= 0.6 is 11.8 Å². The molecule has 0 aliphatic rings. The zero-order chi connectivity index (χ0) is 22.7. The average Bonchev–Trinajstić information content (AvgIpc) is 3.07. The second-order valence-electron chi connectivity index (χ2n) is 7.53. The molecule has 0 radical (unpaired) electrons. The minimum absolute atomic E-state index is 0.119. The topological polar surface area (TPSA) is 84.7 Å². The highest BCUT2D eigenvalue weighted by molar-refractivity contribution is 7.99. The van der Waals surface area contributed by atoms with Crippen LogP contribution < -0.4 is 10.6 Å². The number of aromatic nitrogens is 4. The van der Waals surface area contributed by atoms with E-state index < -0.39 is 0 Å². The fraction of sp³-hybridized carbons (Fsp3) is 0.250. The number of aryl methyl sites for hydroxylation is 2. The van der Waals surface area contributed by atoms with E-state index in [4.69, 9.17) is 0 Å². The molecule has 2 aromatic heterocycles. The summed E-state index contributed by atoms with van der Waals surface area (Å²) in [6.45, 7) is 8.69. The molecule has 0 fully saturated rings. The van der Waals surface area contributed by atoms with Crippen molar-refractivity contribution in [2.45, 2.75) is 32.9 Å². The highest BCUT2D eigenvalue weighted by Gasteiger charge is 2.16. The Kier molecular flexibility index (Phi) is 6.41. The van der Waals surface area contributed by atoms with Gasteiger partial charge in [-0.1, -0.05) is 41.6 Å². The number of carbonyl (C=O) groups excluding carboxylic acids is 1. The molecule has 164 valence electrons. The van der Waals surface area contributed by atoms with Crippen molar-refractivity contribution >= 4 is 40.1 Å². The number of amides is 1. The first-order valence-electron chi connectivity index (χ1n) is 10.5. The van der Waals surface area contributed by atoms with Crippen molar-refractivity contribution in [2.75, 3.05) is 22.9 Å². The van der Waals surface area contributed by atoms with E-state index in [1.165, 1.54) is 17.3 Å². The van der Waals surface area contributed by atoms with Crippen LogP contribution in [0.3, 0.4) is 0 Å². The summed E-state index contributed by atoms with van der Waals surface area (Å²) in [4.78, 5) is 21.9. The molecule has 32 heavy (non-hydrogen) atoms. The van der Waals surface area contributed by atoms with Gasteiger partial charge in [0.25, 0.3) is 0 Å². The second-order valence-corrected chi connectivity index (χ2v) is 8.47. The van der Waals surface area contributed by atoms with Gasteiger partial charge in [0.05, 0.1) is 34.0 Å². The number of fused-ring (bicyclic) bond motifs is 1. The molecule has 0 unspecified atom stereocenters. The van der Waals surface area contributed by atoms with E-state index in [9.17, 15) is 4.79 Å². The number of carbonyl (C=O) groups is 1. The van der Waals surface area contributed by atoms with E-state index in [-0.39, 0.29) is 11.7 Å². The quantitative estimate of drug-likeness (QED) is 0.310. The van der Waals surface area contributed by atoms with Gasteiger partial charge in [-0.2, -0.15) is 5.10 Å². The lowest BCUT2D eigenvalue weighted by Gasteiger charge is -2.10. The van der Waals surface area contributed by atoms with Crippen LogP contribution in [-0.4, -0.2) is 38.0 Å². The van der Waals surface area contributed by atoms with E-state index in [0.29, 0.717) is 5.16 Å². The predicted molar refractivity (Wildman–Crippen MR) is 131 cm³/mol. The summed E-state index contributed by atoms with van der Waals surface area (Å²) in [5.74, 6) is 0.872. The molecule has 4 rings (SSSR count). The van der Waals surface area contributed by atoms with E-state index in [1.807, 2.05) is 74.0 Å². The van der Waals surface area contributed by atoms with Crippen LogP contribution in [0.15, 0.2) is 53.7 Å². The van der Waals surface area contributed by atoms with E-state index in [2.05, 4.69) is 32.6 Å². The fourth-order valence-corrected chi connectivity index (χ4v) is 4.14.